The molecule has 1 aliphatic rings. The van der Waals surface area contributed by atoms with Crippen molar-refractivity contribution in [2.24, 2.45) is 0 Å². The van der Waals surface area contributed by atoms with Crippen LogP contribution in [0.1, 0.15) is 58.1 Å². The van der Waals surface area contributed by atoms with E-state index in [1.165, 1.54) is 5.56 Å². The highest BCUT2D eigenvalue weighted by atomic mass is 79.9. The van der Waals surface area contributed by atoms with Gasteiger partial charge in [0.25, 0.3) is 0 Å². The topological polar surface area (TPSA) is 21.3 Å². The van der Waals surface area contributed by atoms with Gasteiger partial charge in [-0.2, -0.15) is 0 Å². The van der Waals surface area contributed by atoms with Gasteiger partial charge in [-0.15, -0.1) is 0 Å². The van der Waals surface area contributed by atoms with Gasteiger partial charge in [0.05, 0.1) is 0 Å². The van der Waals surface area contributed by atoms with Gasteiger partial charge >= 0.3 is 0 Å². The van der Waals surface area contributed by atoms with Crippen LogP contribution in [0.4, 0.5) is 0 Å². The minimum Gasteiger partial charge on any atom is -0.487 e. The Morgan fingerprint density at radius 1 is 1.37 bits per heavy atom. The third-order valence-electron chi connectivity index (χ3n) is 3.76. The van der Waals surface area contributed by atoms with Crippen LogP contribution in [-0.2, 0) is 0 Å². The number of hydrogen-bond donors (Lipinski definition) is 1. The molecule has 0 radical (unpaired) electrons. The number of ether oxygens (including phenoxy) is 1. The quantitative estimate of drug-likeness (QED) is 0.837. The predicted octanol–water partition coefficient (Wildman–Crippen LogP) is 4.83. The SMILES string of the molecule is CCCNC1CC(C)(CCC)Oc2cc(Br)ccc21. The fourth-order valence-corrected chi connectivity index (χ4v) is 3.26. The van der Waals surface area contributed by atoms with E-state index in [0.717, 1.165) is 42.5 Å². The summed E-state index contributed by atoms with van der Waals surface area (Å²) in [6.07, 6.45) is 4.47. The van der Waals surface area contributed by atoms with E-state index in [0.29, 0.717) is 6.04 Å². The molecule has 1 aromatic rings. The van der Waals surface area contributed by atoms with Crippen molar-refractivity contribution >= 4 is 15.9 Å². The molecule has 2 nitrogen and oxygen atoms in total. The summed E-state index contributed by atoms with van der Waals surface area (Å²) in [5.41, 5.74) is 1.25. The van der Waals surface area contributed by atoms with Crippen molar-refractivity contribution in [3.63, 3.8) is 0 Å². The molecule has 106 valence electrons. The summed E-state index contributed by atoms with van der Waals surface area (Å²) in [7, 11) is 0. The standard InChI is InChI=1S/C16H24BrNO/c1-4-8-16(3)11-14(18-9-5-2)13-7-6-12(17)10-15(13)19-16/h6-7,10,14,18H,4-5,8-9,11H2,1-3H3. The van der Waals surface area contributed by atoms with Crippen LogP contribution in [0.5, 0.6) is 5.75 Å². The smallest absolute Gasteiger partial charge is 0.126 e. The molecule has 3 heteroatoms. The van der Waals surface area contributed by atoms with E-state index >= 15 is 0 Å². The first-order valence-electron chi connectivity index (χ1n) is 7.30. The van der Waals surface area contributed by atoms with Gasteiger partial charge in [-0.1, -0.05) is 42.3 Å². The van der Waals surface area contributed by atoms with Gasteiger partial charge in [-0.25, -0.2) is 0 Å². The first-order chi connectivity index (χ1) is 9.08. The van der Waals surface area contributed by atoms with Crippen LogP contribution in [0.25, 0.3) is 0 Å². The van der Waals surface area contributed by atoms with Crippen LogP contribution in [0, 0.1) is 0 Å². The third kappa shape index (κ3) is 3.51. The Bertz CT molecular complexity index is 435. The van der Waals surface area contributed by atoms with E-state index in [1.54, 1.807) is 0 Å². The number of hydrogen-bond acceptors (Lipinski definition) is 2. The number of benzene rings is 1. The van der Waals surface area contributed by atoms with Gasteiger partial charge in [0.1, 0.15) is 11.4 Å². The molecule has 0 aromatic heterocycles. The predicted molar refractivity (Wildman–Crippen MR) is 83.7 cm³/mol. The highest BCUT2D eigenvalue weighted by molar-refractivity contribution is 9.10. The fourth-order valence-electron chi connectivity index (χ4n) is 2.92. The monoisotopic (exact) mass is 325 g/mol. The largest absolute Gasteiger partial charge is 0.487 e. The Morgan fingerprint density at radius 2 is 2.16 bits per heavy atom. The van der Waals surface area contributed by atoms with E-state index < -0.39 is 0 Å². The second kappa shape index (κ2) is 6.27. The fraction of sp³-hybridized carbons (Fsp3) is 0.625. The number of rotatable bonds is 5. The molecule has 0 fully saturated rings. The van der Waals surface area contributed by atoms with Gasteiger partial charge in [0, 0.05) is 22.5 Å². The zero-order valence-corrected chi connectivity index (χ0v) is 13.7. The molecular weight excluding hydrogens is 302 g/mol. The molecule has 1 aliphatic heterocycles. The van der Waals surface area contributed by atoms with Crippen LogP contribution in [0.15, 0.2) is 22.7 Å². The Balaban J connectivity index is 2.29. The lowest BCUT2D eigenvalue weighted by Gasteiger charge is -2.40. The Labute approximate surface area is 125 Å². The van der Waals surface area contributed by atoms with Crippen LogP contribution < -0.4 is 10.1 Å². The van der Waals surface area contributed by atoms with Crippen molar-refractivity contribution in [1.29, 1.82) is 0 Å². The minimum absolute atomic E-state index is 0.0477. The molecule has 19 heavy (non-hydrogen) atoms. The molecule has 0 bridgehead atoms. The highest BCUT2D eigenvalue weighted by Gasteiger charge is 2.36. The Morgan fingerprint density at radius 3 is 2.84 bits per heavy atom. The molecule has 0 saturated heterocycles. The van der Waals surface area contributed by atoms with E-state index in [1.807, 2.05) is 0 Å². The molecule has 0 aliphatic carbocycles. The van der Waals surface area contributed by atoms with E-state index in [9.17, 15) is 0 Å². The molecule has 0 saturated carbocycles. The average Bonchev–Trinajstić information content (AvgIpc) is 2.35. The zero-order chi connectivity index (χ0) is 13.9. The first-order valence-corrected chi connectivity index (χ1v) is 8.09. The summed E-state index contributed by atoms with van der Waals surface area (Å²) in [5.74, 6) is 1.03. The summed E-state index contributed by atoms with van der Waals surface area (Å²) >= 11 is 3.54. The molecule has 1 aromatic carbocycles. The number of nitrogens with one attached hydrogen (secondary N) is 1. The van der Waals surface area contributed by atoms with E-state index in [-0.39, 0.29) is 5.60 Å². The Kier molecular flexibility index (Phi) is 4.91. The van der Waals surface area contributed by atoms with Crippen molar-refractivity contribution in [2.75, 3.05) is 6.54 Å². The van der Waals surface area contributed by atoms with Crippen LogP contribution in [0.3, 0.4) is 0 Å². The lowest BCUT2D eigenvalue weighted by Crippen LogP contribution is -2.42. The molecular formula is C16H24BrNO. The zero-order valence-electron chi connectivity index (χ0n) is 12.1. The molecule has 2 unspecified atom stereocenters. The maximum atomic E-state index is 6.28. The molecule has 0 amide bonds. The minimum atomic E-state index is -0.0477. The Hall–Kier alpha value is -0.540. The van der Waals surface area contributed by atoms with E-state index in [2.05, 4.69) is 60.2 Å². The van der Waals surface area contributed by atoms with E-state index in [4.69, 9.17) is 4.74 Å². The molecule has 1 heterocycles. The summed E-state index contributed by atoms with van der Waals surface area (Å²) in [5, 5.41) is 3.67. The first kappa shape index (κ1) is 14.9. The van der Waals surface area contributed by atoms with Crippen LogP contribution >= 0.6 is 15.9 Å². The van der Waals surface area contributed by atoms with Gasteiger partial charge < -0.3 is 10.1 Å². The average molecular weight is 326 g/mol. The van der Waals surface area contributed by atoms with Crippen LogP contribution in [-0.4, -0.2) is 12.1 Å². The summed E-state index contributed by atoms with van der Waals surface area (Å²) in [4.78, 5) is 0. The van der Waals surface area contributed by atoms with Crippen molar-refractivity contribution in [3.8, 4) is 5.75 Å². The lowest BCUT2D eigenvalue weighted by molar-refractivity contribution is 0.0390. The van der Waals surface area contributed by atoms with Crippen molar-refractivity contribution in [1.82, 2.24) is 5.32 Å². The summed E-state index contributed by atoms with van der Waals surface area (Å²) < 4.78 is 7.37. The van der Waals surface area contributed by atoms with Crippen molar-refractivity contribution in [2.45, 2.75) is 58.1 Å². The van der Waals surface area contributed by atoms with Crippen molar-refractivity contribution in [3.05, 3.63) is 28.2 Å². The summed E-state index contributed by atoms with van der Waals surface area (Å²) in [6.45, 7) is 7.73. The highest BCUT2D eigenvalue weighted by Crippen LogP contribution is 2.42. The van der Waals surface area contributed by atoms with Crippen molar-refractivity contribution < 1.29 is 4.74 Å². The third-order valence-corrected chi connectivity index (χ3v) is 4.26. The molecule has 2 atom stereocenters. The van der Waals surface area contributed by atoms with Crippen LogP contribution in [0.2, 0.25) is 0 Å². The number of fused-ring (bicyclic) bond motifs is 1. The normalized spacial score (nSPS) is 25.8. The van der Waals surface area contributed by atoms with Gasteiger partial charge in [0.2, 0.25) is 0 Å². The second-order valence-electron chi connectivity index (χ2n) is 5.69. The van der Waals surface area contributed by atoms with Gasteiger partial charge in [-0.3, -0.25) is 0 Å². The molecule has 2 rings (SSSR count). The number of halogens is 1. The lowest BCUT2D eigenvalue weighted by atomic mass is 9.85. The molecule has 0 spiro atoms. The van der Waals surface area contributed by atoms with Gasteiger partial charge in [-0.05, 0) is 38.4 Å². The molecule has 1 N–H and O–H groups in total. The maximum Gasteiger partial charge on any atom is 0.126 e. The van der Waals surface area contributed by atoms with Gasteiger partial charge in [0.15, 0.2) is 0 Å². The maximum absolute atomic E-state index is 6.28. The second-order valence-corrected chi connectivity index (χ2v) is 6.61. The summed E-state index contributed by atoms with van der Waals surface area (Å²) in [6, 6.07) is 6.79.